The van der Waals surface area contributed by atoms with Crippen LogP contribution in [0.4, 0.5) is 0 Å². The van der Waals surface area contributed by atoms with Gasteiger partial charge in [0.1, 0.15) is 16.8 Å². The Kier molecular flexibility index (Phi) is 11.4. The third-order valence-electron chi connectivity index (χ3n) is 7.98. The van der Waals surface area contributed by atoms with Gasteiger partial charge in [0.05, 0.1) is 20.8 Å². The Balaban J connectivity index is 1.75. The number of carboxylic acids is 1. The van der Waals surface area contributed by atoms with Crippen LogP contribution in [0.25, 0.3) is 0 Å². The molecule has 2 aromatic rings. The van der Waals surface area contributed by atoms with Crippen LogP contribution < -0.4 is 20.1 Å². The molecule has 1 aliphatic heterocycles. The molecule has 11 nitrogen and oxygen atoms in total. The molecule has 0 aliphatic carbocycles. The Morgan fingerprint density at radius 3 is 2.33 bits per heavy atom. The van der Waals surface area contributed by atoms with Gasteiger partial charge in [0.15, 0.2) is 11.5 Å². The van der Waals surface area contributed by atoms with E-state index in [-0.39, 0.29) is 24.5 Å². The van der Waals surface area contributed by atoms with E-state index in [9.17, 15) is 29.4 Å². The van der Waals surface area contributed by atoms with Crippen molar-refractivity contribution in [1.82, 2.24) is 15.5 Å². The lowest BCUT2D eigenvalue weighted by Gasteiger charge is -2.35. The Hall–Kier alpha value is -4.28. The van der Waals surface area contributed by atoms with Crippen LogP contribution in [0.15, 0.2) is 42.5 Å². The van der Waals surface area contributed by atoms with Crippen LogP contribution in [0.2, 0.25) is 0 Å². The number of phenols is 1. The Labute approximate surface area is 252 Å². The van der Waals surface area contributed by atoms with Gasteiger partial charge >= 0.3 is 5.97 Å². The predicted molar refractivity (Wildman–Crippen MR) is 160 cm³/mol. The van der Waals surface area contributed by atoms with Gasteiger partial charge in [-0.15, -0.1) is 0 Å². The van der Waals surface area contributed by atoms with Crippen molar-refractivity contribution in [2.75, 3.05) is 27.3 Å². The maximum atomic E-state index is 13.7. The SMILES string of the molecule is CCC[C@@]1(C(=O)O)CCCN1C(=O)CNC(=O)[C@](C)(Cc1ccc(OC)c(OC)c1)NC(=O)CCCc1ccc(O)cc1. The molecule has 1 saturated heterocycles. The molecule has 0 unspecified atom stereocenters. The highest BCUT2D eigenvalue weighted by molar-refractivity contribution is 5.95. The van der Waals surface area contributed by atoms with Crippen LogP contribution in [-0.2, 0) is 32.0 Å². The molecule has 43 heavy (non-hydrogen) atoms. The second-order valence-corrected chi connectivity index (χ2v) is 11.2. The molecule has 234 valence electrons. The number of amides is 3. The number of hydrogen-bond acceptors (Lipinski definition) is 7. The van der Waals surface area contributed by atoms with Crippen LogP contribution in [0.3, 0.4) is 0 Å². The van der Waals surface area contributed by atoms with Gasteiger partial charge in [0.25, 0.3) is 0 Å². The molecule has 0 aromatic heterocycles. The minimum absolute atomic E-state index is 0.0929. The topological polar surface area (TPSA) is 154 Å². The van der Waals surface area contributed by atoms with Crippen molar-refractivity contribution in [2.45, 2.75) is 76.3 Å². The van der Waals surface area contributed by atoms with E-state index in [1.807, 2.05) is 6.92 Å². The number of methoxy groups -OCH3 is 2. The first-order valence-corrected chi connectivity index (χ1v) is 14.6. The molecule has 3 amide bonds. The number of aromatic hydroxyl groups is 1. The molecule has 1 fully saturated rings. The number of carboxylic acid groups (broad SMARTS) is 1. The summed E-state index contributed by atoms with van der Waals surface area (Å²) < 4.78 is 10.7. The highest BCUT2D eigenvalue weighted by Crippen LogP contribution is 2.34. The normalized spacial score (nSPS) is 17.5. The van der Waals surface area contributed by atoms with E-state index in [1.165, 1.54) is 19.1 Å². The zero-order chi connectivity index (χ0) is 31.6. The second-order valence-electron chi connectivity index (χ2n) is 11.2. The third-order valence-corrected chi connectivity index (χ3v) is 7.98. The molecule has 11 heteroatoms. The largest absolute Gasteiger partial charge is 0.508 e. The van der Waals surface area contributed by atoms with E-state index in [1.54, 1.807) is 49.4 Å². The van der Waals surface area contributed by atoms with Crippen LogP contribution in [0.5, 0.6) is 17.2 Å². The fraction of sp³-hybridized carbons (Fsp3) is 0.500. The van der Waals surface area contributed by atoms with Crippen LogP contribution in [-0.4, -0.2) is 77.2 Å². The standard InChI is InChI=1S/C32H43N3O8/c1-5-16-32(30(40)41)17-7-18-35(32)28(38)21-33-29(39)31(2,20-23-12-15-25(42-3)26(19-23)43-4)34-27(37)9-6-8-22-10-13-24(36)14-11-22/h10-15,19,36H,5-9,16-18,20-21H2,1-4H3,(H,33,39)(H,34,37)(H,40,41)/t31-,32-/m0/s1. The third kappa shape index (κ3) is 8.18. The van der Waals surface area contributed by atoms with Gasteiger partial charge in [0.2, 0.25) is 17.7 Å². The number of phenolic OH excluding ortho intramolecular Hbond substituents is 1. The number of aryl methyl sites for hydroxylation is 1. The fourth-order valence-corrected chi connectivity index (χ4v) is 5.76. The summed E-state index contributed by atoms with van der Waals surface area (Å²) in [6, 6.07) is 12.0. The molecule has 1 aliphatic rings. The molecule has 3 rings (SSSR count). The highest BCUT2D eigenvalue weighted by Gasteiger charge is 2.49. The van der Waals surface area contributed by atoms with E-state index >= 15 is 0 Å². The van der Waals surface area contributed by atoms with Gasteiger partial charge in [-0.25, -0.2) is 4.79 Å². The molecule has 0 spiro atoms. The summed E-state index contributed by atoms with van der Waals surface area (Å²) in [6.07, 6.45) is 3.25. The summed E-state index contributed by atoms with van der Waals surface area (Å²) >= 11 is 0. The first-order valence-electron chi connectivity index (χ1n) is 14.6. The number of carbonyl (C=O) groups is 4. The lowest BCUT2D eigenvalue weighted by atomic mass is 9.90. The van der Waals surface area contributed by atoms with E-state index in [0.29, 0.717) is 62.1 Å². The number of benzene rings is 2. The highest BCUT2D eigenvalue weighted by atomic mass is 16.5. The maximum absolute atomic E-state index is 13.7. The number of aliphatic carboxylic acids is 1. The predicted octanol–water partition coefficient (Wildman–Crippen LogP) is 3.21. The van der Waals surface area contributed by atoms with Crippen molar-refractivity contribution in [3.8, 4) is 17.2 Å². The summed E-state index contributed by atoms with van der Waals surface area (Å²) in [6.45, 7) is 3.38. The molecular weight excluding hydrogens is 554 g/mol. The van der Waals surface area contributed by atoms with Gasteiger partial charge < -0.3 is 35.2 Å². The van der Waals surface area contributed by atoms with Crippen LogP contribution in [0.1, 0.15) is 63.5 Å². The quantitative estimate of drug-likeness (QED) is 0.244. The minimum atomic E-state index is -1.44. The van der Waals surface area contributed by atoms with Crippen molar-refractivity contribution >= 4 is 23.7 Å². The van der Waals surface area contributed by atoms with Gasteiger partial charge in [-0.3, -0.25) is 14.4 Å². The summed E-state index contributed by atoms with van der Waals surface area (Å²) in [5.74, 6) is -1.27. The smallest absolute Gasteiger partial charge is 0.329 e. The Morgan fingerprint density at radius 2 is 1.70 bits per heavy atom. The number of nitrogens with one attached hydrogen (secondary N) is 2. The molecule has 4 N–H and O–H groups in total. The van der Waals surface area contributed by atoms with Crippen molar-refractivity contribution in [3.05, 3.63) is 53.6 Å². The number of hydrogen-bond donors (Lipinski definition) is 4. The second kappa shape index (κ2) is 14.8. The summed E-state index contributed by atoms with van der Waals surface area (Å²) in [5.41, 5.74) is -1.05. The zero-order valence-electron chi connectivity index (χ0n) is 25.4. The Bertz CT molecular complexity index is 1300. The van der Waals surface area contributed by atoms with Crippen molar-refractivity contribution in [3.63, 3.8) is 0 Å². The summed E-state index contributed by atoms with van der Waals surface area (Å²) in [5, 5.41) is 25.0. The van der Waals surface area contributed by atoms with Gasteiger partial charge in [0, 0.05) is 19.4 Å². The van der Waals surface area contributed by atoms with Crippen LogP contribution >= 0.6 is 0 Å². The van der Waals surface area contributed by atoms with Gasteiger partial charge in [-0.1, -0.05) is 31.5 Å². The lowest BCUT2D eigenvalue weighted by Crippen LogP contribution is -2.60. The number of rotatable bonds is 15. The zero-order valence-corrected chi connectivity index (χ0v) is 25.4. The van der Waals surface area contributed by atoms with E-state index < -0.39 is 35.4 Å². The summed E-state index contributed by atoms with van der Waals surface area (Å²) in [7, 11) is 3.02. The van der Waals surface area contributed by atoms with E-state index in [4.69, 9.17) is 9.47 Å². The van der Waals surface area contributed by atoms with Crippen molar-refractivity contribution < 1.29 is 38.9 Å². The summed E-state index contributed by atoms with van der Waals surface area (Å²) in [4.78, 5) is 53.5. The van der Waals surface area contributed by atoms with Gasteiger partial charge in [-0.2, -0.15) is 0 Å². The monoisotopic (exact) mass is 597 g/mol. The number of carbonyl (C=O) groups excluding carboxylic acids is 3. The van der Waals surface area contributed by atoms with Crippen molar-refractivity contribution in [2.24, 2.45) is 0 Å². The lowest BCUT2D eigenvalue weighted by molar-refractivity contribution is -0.157. The molecule has 0 bridgehead atoms. The first-order chi connectivity index (χ1) is 20.5. The Morgan fingerprint density at radius 1 is 1.02 bits per heavy atom. The molecule has 0 saturated carbocycles. The fourth-order valence-electron chi connectivity index (χ4n) is 5.76. The molecule has 2 aromatic carbocycles. The molecule has 2 atom stereocenters. The first kappa shape index (κ1) is 33.2. The number of ether oxygens (including phenoxy) is 2. The number of nitrogens with zero attached hydrogens (tertiary/aromatic N) is 1. The maximum Gasteiger partial charge on any atom is 0.329 e. The molecular formula is C32H43N3O8. The van der Waals surface area contributed by atoms with Gasteiger partial charge in [-0.05, 0) is 74.4 Å². The van der Waals surface area contributed by atoms with E-state index in [2.05, 4.69) is 10.6 Å². The average Bonchev–Trinajstić information content (AvgIpc) is 3.42. The minimum Gasteiger partial charge on any atom is -0.508 e. The van der Waals surface area contributed by atoms with E-state index in [0.717, 1.165) is 5.56 Å². The molecule has 1 heterocycles. The van der Waals surface area contributed by atoms with Crippen molar-refractivity contribution in [1.29, 1.82) is 0 Å². The molecule has 0 radical (unpaired) electrons. The average molecular weight is 598 g/mol. The van der Waals surface area contributed by atoms with Crippen LogP contribution in [0, 0.1) is 0 Å². The number of likely N-dealkylation sites (tertiary alicyclic amines) is 1.